The van der Waals surface area contributed by atoms with Crippen molar-refractivity contribution in [3.05, 3.63) is 77.4 Å². The van der Waals surface area contributed by atoms with Gasteiger partial charge in [0.25, 0.3) is 0 Å². The van der Waals surface area contributed by atoms with Crippen LogP contribution in [-0.2, 0) is 16.0 Å². The lowest BCUT2D eigenvalue weighted by Gasteiger charge is -2.14. The third-order valence-electron chi connectivity index (χ3n) is 3.34. The Labute approximate surface area is 138 Å². The van der Waals surface area contributed by atoms with Crippen molar-refractivity contribution in [1.82, 2.24) is 5.32 Å². The molecule has 2 aromatic rings. The SMILES string of the molecule is NC(=O)C(Cc1ccccc1)NC(=O)C=Cc1c(F)cccc1F. The molecule has 0 radical (unpaired) electrons. The number of amides is 2. The van der Waals surface area contributed by atoms with Crippen LogP contribution in [0.1, 0.15) is 11.1 Å². The Bertz CT molecular complexity index is 741. The van der Waals surface area contributed by atoms with Crippen LogP contribution in [0.4, 0.5) is 8.78 Å². The lowest BCUT2D eigenvalue weighted by molar-refractivity contribution is -0.124. The van der Waals surface area contributed by atoms with E-state index in [1.807, 2.05) is 6.07 Å². The zero-order valence-corrected chi connectivity index (χ0v) is 12.7. The van der Waals surface area contributed by atoms with Crippen LogP contribution in [0.2, 0.25) is 0 Å². The van der Waals surface area contributed by atoms with Crippen LogP contribution < -0.4 is 11.1 Å². The largest absolute Gasteiger partial charge is 0.368 e. The summed E-state index contributed by atoms with van der Waals surface area (Å²) in [6.45, 7) is 0. The normalized spacial score (nSPS) is 12.1. The van der Waals surface area contributed by atoms with Gasteiger partial charge in [-0.05, 0) is 23.8 Å². The van der Waals surface area contributed by atoms with Crippen molar-refractivity contribution < 1.29 is 18.4 Å². The van der Waals surface area contributed by atoms with Crippen molar-refractivity contribution in [2.45, 2.75) is 12.5 Å². The Hall–Kier alpha value is -3.02. The molecule has 0 fully saturated rings. The Morgan fingerprint density at radius 2 is 1.67 bits per heavy atom. The predicted octanol–water partition coefficient (Wildman–Crippen LogP) is 2.19. The number of nitrogens with two attached hydrogens (primary N) is 1. The van der Waals surface area contributed by atoms with Crippen LogP contribution in [-0.4, -0.2) is 17.9 Å². The minimum absolute atomic E-state index is 0.226. The van der Waals surface area contributed by atoms with Gasteiger partial charge in [-0.3, -0.25) is 9.59 Å². The van der Waals surface area contributed by atoms with Crippen LogP contribution >= 0.6 is 0 Å². The van der Waals surface area contributed by atoms with Crippen LogP contribution in [0.15, 0.2) is 54.6 Å². The zero-order chi connectivity index (χ0) is 17.5. The first-order valence-electron chi connectivity index (χ1n) is 7.23. The molecule has 6 heteroatoms. The maximum Gasteiger partial charge on any atom is 0.244 e. The lowest BCUT2D eigenvalue weighted by atomic mass is 10.1. The van der Waals surface area contributed by atoms with Crippen molar-refractivity contribution in [3.8, 4) is 0 Å². The van der Waals surface area contributed by atoms with E-state index in [2.05, 4.69) is 5.32 Å². The highest BCUT2D eigenvalue weighted by molar-refractivity contribution is 5.95. The minimum atomic E-state index is -0.921. The zero-order valence-electron chi connectivity index (χ0n) is 12.7. The molecule has 2 amide bonds. The molecule has 4 nitrogen and oxygen atoms in total. The highest BCUT2D eigenvalue weighted by Gasteiger charge is 2.17. The number of hydrogen-bond donors (Lipinski definition) is 2. The maximum absolute atomic E-state index is 13.5. The molecule has 1 atom stereocenters. The fraction of sp³-hybridized carbons (Fsp3) is 0.111. The summed E-state index contributed by atoms with van der Waals surface area (Å²) < 4.78 is 27.0. The first kappa shape index (κ1) is 17.3. The Morgan fingerprint density at radius 1 is 1.04 bits per heavy atom. The number of carbonyl (C=O) groups excluding carboxylic acids is 2. The number of primary amides is 1. The predicted molar refractivity (Wildman–Crippen MR) is 86.7 cm³/mol. The quantitative estimate of drug-likeness (QED) is 0.797. The number of hydrogen-bond acceptors (Lipinski definition) is 2. The van der Waals surface area contributed by atoms with Gasteiger partial charge in [0.1, 0.15) is 17.7 Å². The van der Waals surface area contributed by atoms with E-state index >= 15 is 0 Å². The molecule has 2 aromatic carbocycles. The molecule has 0 aromatic heterocycles. The molecule has 2 rings (SSSR count). The molecule has 0 aliphatic rings. The van der Waals surface area contributed by atoms with Gasteiger partial charge in [0.2, 0.25) is 11.8 Å². The van der Waals surface area contributed by atoms with Crippen LogP contribution in [0, 0.1) is 11.6 Å². The van der Waals surface area contributed by atoms with Gasteiger partial charge in [-0.1, -0.05) is 36.4 Å². The highest BCUT2D eigenvalue weighted by Crippen LogP contribution is 2.13. The van der Waals surface area contributed by atoms with Gasteiger partial charge in [0, 0.05) is 18.1 Å². The number of carbonyl (C=O) groups is 2. The van der Waals surface area contributed by atoms with E-state index in [-0.39, 0.29) is 12.0 Å². The van der Waals surface area contributed by atoms with Crippen LogP contribution in [0.3, 0.4) is 0 Å². The van der Waals surface area contributed by atoms with E-state index in [0.717, 1.165) is 29.8 Å². The fourth-order valence-electron chi connectivity index (χ4n) is 2.12. The average molecular weight is 330 g/mol. The summed E-state index contributed by atoms with van der Waals surface area (Å²) in [7, 11) is 0. The minimum Gasteiger partial charge on any atom is -0.368 e. The molecule has 0 aliphatic carbocycles. The number of rotatable bonds is 6. The number of nitrogens with one attached hydrogen (secondary N) is 1. The van der Waals surface area contributed by atoms with Crippen molar-refractivity contribution in [2.75, 3.05) is 0 Å². The second-order valence-electron chi connectivity index (χ2n) is 5.12. The van der Waals surface area contributed by atoms with E-state index in [1.165, 1.54) is 6.07 Å². The molecule has 0 bridgehead atoms. The van der Waals surface area contributed by atoms with Gasteiger partial charge >= 0.3 is 0 Å². The molecule has 0 saturated carbocycles. The average Bonchev–Trinajstić information content (AvgIpc) is 2.54. The summed E-state index contributed by atoms with van der Waals surface area (Å²) >= 11 is 0. The molecule has 124 valence electrons. The van der Waals surface area contributed by atoms with Crippen molar-refractivity contribution >= 4 is 17.9 Å². The Kier molecular flexibility index (Phi) is 5.78. The third kappa shape index (κ3) is 4.74. The molecule has 0 spiro atoms. The summed E-state index contributed by atoms with van der Waals surface area (Å²) in [5.74, 6) is -2.93. The van der Waals surface area contributed by atoms with Gasteiger partial charge in [0.05, 0.1) is 0 Å². The van der Waals surface area contributed by atoms with Gasteiger partial charge in [-0.2, -0.15) is 0 Å². The summed E-state index contributed by atoms with van der Waals surface area (Å²) in [6.07, 6.45) is 2.20. The van der Waals surface area contributed by atoms with Gasteiger partial charge in [-0.25, -0.2) is 8.78 Å². The molecule has 0 saturated heterocycles. The van der Waals surface area contributed by atoms with E-state index in [4.69, 9.17) is 5.73 Å². The van der Waals surface area contributed by atoms with E-state index in [0.29, 0.717) is 0 Å². The van der Waals surface area contributed by atoms with E-state index in [9.17, 15) is 18.4 Å². The van der Waals surface area contributed by atoms with Gasteiger partial charge < -0.3 is 11.1 Å². The molecule has 24 heavy (non-hydrogen) atoms. The molecule has 3 N–H and O–H groups in total. The second kappa shape index (κ2) is 8.01. The topological polar surface area (TPSA) is 72.2 Å². The Balaban J connectivity index is 2.06. The van der Waals surface area contributed by atoms with Gasteiger partial charge in [0.15, 0.2) is 0 Å². The fourth-order valence-corrected chi connectivity index (χ4v) is 2.12. The number of benzene rings is 2. The van der Waals surface area contributed by atoms with Crippen LogP contribution in [0.25, 0.3) is 6.08 Å². The molecule has 0 aliphatic heterocycles. The second-order valence-corrected chi connectivity index (χ2v) is 5.12. The summed E-state index contributed by atoms with van der Waals surface area (Å²) in [6, 6.07) is 11.5. The maximum atomic E-state index is 13.5. The Morgan fingerprint density at radius 3 is 2.25 bits per heavy atom. The first-order chi connectivity index (χ1) is 11.5. The molecule has 0 heterocycles. The lowest BCUT2D eigenvalue weighted by Crippen LogP contribution is -2.45. The third-order valence-corrected chi connectivity index (χ3v) is 3.34. The van der Waals surface area contributed by atoms with Crippen molar-refractivity contribution in [2.24, 2.45) is 5.73 Å². The summed E-state index contributed by atoms with van der Waals surface area (Å²) in [4.78, 5) is 23.4. The molecule has 1 unspecified atom stereocenters. The van der Waals surface area contributed by atoms with Gasteiger partial charge in [-0.15, -0.1) is 0 Å². The molecular weight excluding hydrogens is 314 g/mol. The smallest absolute Gasteiger partial charge is 0.244 e. The first-order valence-corrected chi connectivity index (χ1v) is 7.23. The van der Waals surface area contributed by atoms with E-state index < -0.39 is 29.5 Å². The van der Waals surface area contributed by atoms with E-state index in [1.54, 1.807) is 24.3 Å². The van der Waals surface area contributed by atoms with Crippen molar-refractivity contribution in [3.63, 3.8) is 0 Å². The number of halogens is 2. The summed E-state index contributed by atoms with van der Waals surface area (Å²) in [5, 5.41) is 2.43. The monoisotopic (exact) mass is 330 g/mol. The standard InChI is InChI=1S/C18H16F2N2O2/c19-14-7-4-8-15(20)13(14)9-10-17(23)22-16(18(21)24)11-12-5-2-1-3-6-12/h1-10,16H,11H2,(H2,21,24)(H,22,23). The highest BCUT2D eigenvalue weighted by atomic mass is 19.1. The summed E-state index contributed by atoms with van der Waals surface area (Å²) in [5.41, 5.74) is 5.79. The van der Waals surface area contributed by atoms with Crippen molar-refractivity contribution in [1.29, 1.82) is 0 Å². The molecular formula is C18H16F2N2O2. The van der Waals surface area contributed by atoms with Crippen LogP contribution in [0.5, 0.6) is 0 Å².